The molecule has 0 spiro atoms. The van der Waals surface area contributed by atoms with Crippen LogP contribution >= 0.6 is 11.8 Å². The van der Waals surface area contributed by atoms with Crippen LogP contribution in [-0.4, -0.2) is 39.7 Å². The van der Waals surface area contributed by atoms with E-state index in [-0.39, 0.29) is 11.7 Å². The molecule has 150 valence electrons. The van der Waals surface area contributed by atoms with Crippen molar-refractivity contribution in [3.05, 3.63) is 59.7 Å². The molecule has 0 aliphatic heterocycles. The van der Waals surface area contributed by atoms with Crippen LogP contribution in [0.5, 0.6) is 5.75 Å². The molecule has 0 atom stereocenters. The van der Waals surface area contributed by atoms with Crippen molar-refractivity contribution in [2.24, 2.45) is 5.10 Å². The maximum absolute atomic E-state index is 12.1. The van der Waals surface area contributed by atoms with E-state index in [1.807, 2.05) is 66.9 Å². The van der Waals surface area contributed by atoms with Gasteiger partial charge in [0.15, 0.2) is 11.0 Å². The van der Waals surface area contributed by atoms with E-state index in [9.17, 15) is 4.79 Å². The van der Waals surface area contributed by atoms with Gasteiger partial charge in [-0.15, -0.1) is 10.2 Å². The summed E-state index contributed by atoms with van der Waals surface area (Å²) in [6, 6.07) is 15.5. The van der Waals surface area contributed by atoms with Gasteiger partial charge in [0, 0.05) is 12.1 Å². The van der Waals surface area contributed by atoms with E-state index >= 15 is 0 Å². The zero-order chi connectivity index (χ0) is 20.6. The Labute approximate surface area is 174 Å². The van der Waals surface area contributed by atoms with Crippen molar-refractivity contribution in [2.75, 3.05) is 12.9 Å². The van der Waals surface area contributed by atoms with Crippen molar-refractivity contribution >= 4 is 23.9 Å². The lowest BCUT2D eigenvalue weighted by Crippen LogP contribution is -2.20. The molecule has 29 heavy (non-hydrogen) atoms. The first-order valence-corrected chi connectivity index (χ1v) is 10.2. The molecule has 0 bridgehead atoms. The molecule has 0 saturated carbocycles. The van der Waals surface area contributed by atoms with Crippen LogP contribution in [0.1, 0.15) is 18.1 Å². The van der Waals surface area contributed by atoms with Crippen LogP contribution in [-0.2, 0) is 11.3 Å². The summed E-state index contributed by atoms with van der Waals surface area (Å²) >= 11 is 1.33. The fourth-order valence-corrected chi connectivity index (χ4v) is 3.52. The summed E-state index contributed by atoms with van der Waals surface area (Å²) in [6.07, 6.45) is 1.63. The standard InChI is InChI=1S/C21H23N5O2S/c1-4-26-20(17-8-10-18(28-3)11-9-17)24-25-21(26)29-14-19(27)23-22-13-16-7-5-6-15(2)12-16/h5-13H,4,14H2,1-3H3,(H,23,27)/b22-13+. The monoisotopic (exact) mass is 409 g/mol. The lowest BCUT2D eigenvalue weighted by atomic mass is 10.2. The molecule has 0 aliphatic carbocycles. The number of methoxy groups -OCH3 is 1. The first-order chi connectivity index (χ1) is 14.1. The number of carbonyl (C=O) groups excluding carboxylic acids is 1. The van der Waals surface area contributed by atoms with Gasteiger partial charge in [-0.2, -0.15) is 5.10 Å². The highest BCUT2D eigenvalue weighted by Gasteiger charge is 2.14. The van der Waals surface area contributed by atoms with E-state index in [0.29, 0.717) is 11.7 Å². The summed E-state index contributed by atoms with van der Waals surface area (Å²) in [5.74, 6) is 1.55. The van der Waals surface area contributed by atoms with Gasteiger partial charge in [-0.3, -0.25) is 4.79 Å². The highest BCUT2D eigenvalue weighted by molar-refractivity contribution is 7.99. The van der Waals surface area contributed by atoms with Crippen LogP contribution in [0.15, 0.2) is 58.8 Å². The third-order valence-electron chi connectivity index (χ3n) is 4.16. The molecule has 0 saturated heterocycles. The number of hydrogen-bond donors (Lipinski definition) is 1. The molecule has 3 aromatic rings. The number of aromatic nitrogens is 3. The van der Waals surface area contributed by atoms with Gasteiger partial charge in [0.2, 0.25) is 0 Å². The van der Waals surface area contributed by atoms with Crippen LogP contribution in [0.2, 0.25) is 0 Å². The zero-order valence-corrected chi connectivity index (χ0v) is 17.4. The van der Waals surface area contributed by atoms with E-state index in [1.165, 1.54) is 11.8 Å². The minimum Gasteiger partial charge on any atom is -0.497 e. The number of aryl methyl sites for hydroxylation is 1. The molecule has 1 amide bonds. The van der Waals surface area contributed by atoms with Crippen LogP contribution in [0.25, 0.3) is 11.4 Å². The number of nitrogens with zero attached hydrogens (tertiary/aromatic N) is 4. The maximum atomic E-state index is 12.1. The largest absolute Gasteiger partial charge is 0.497 e. The van der Waals surface area contributed by atoms with Crippen LogP contribution < -0.4 is 10.2 Å². The molecular formula is C21H23N5O2S. The number of benzene rings is 2. The lowest BCUT2D eigenvalue weighted by Gasteiger charge is -2.07. The molecule has 7 nitrogen and oxygen atoms in total. The van der Waals surface area contributed by atoms with Crippen molar-refractivity contribution in [2.45, 2.75) is 25.5 Å². The average molecular weight is 410 g/mol. The molecule has 1 heterocycles. The normalized spacial score (nSPS) is 11.0. The Morgan fingerprint density at radius 1 is 1.24 bits per heavy atom. The Hall–Kier alpha value is -3.13. The Morgan fingerprint density at radius 2 is 2.03 bits per heavy atom. The first kappa shape index (κ1) is 20.6. The van der Waals surface area contributed by atoms with Crippen LogP contribution in [0.3, 0.4) is 0 Å². The highest BCUT2D eigenvalue weighted by atomic mass is 32.2. The number of thioether (sulfide) groups is 1. The minimum absolute atomic E-state index is 0.199. The number of nitrogens with one attached hydrogen (secondary N) is 1. The van der Waals surface area contributed by atoms with Gasteiger partial charge in [0.05, 0.1) is 19.1 Å². The Kier molecular flexibility index (Phi) is 7.02. The zero-order valence-electron chi connectivity index (χ0n) is 16.6. The maximum Gasteiger partial charge on any atom is 0.250 e. The highest BCUT2D eigenvalue weighted by Crippen LogP contribution is 2.25. The van der Waals surface area contributed by atoms with E-state index in [0.717, 1.165) is 28.3 Å². The van der Waals surface area contributed by atoms with E-state index in [4.69, 9.17) is 4.74 Å². The number of hydrogen-bond acceptors (Lipinski definition) is 6. The quantitative estimate of drug-likeness (QED) is 0.350. The molecule has 2 aromatic carbocycles. The van der Waals surface area contributed by atoms with Gasteiger partial charge in [-0.25, -0.2) is 5.43 Å². The molecular weight excluding hydrogens is 386 g/mol. The smallest absolute Gasteiger partial charge is 0.250 e. The van der Waals surface area contributed by atoms with Crippen molar-refractivity contribution in [3.8, 4) is 17.1 Å². The summed E-state index contributed by atoms with van der Waals surface area (Å²) in [5, 5.41) is 13.2. The molecule has 0 fully saturated rings. The molecule has 0 unspecified atom stereocenters. The summed E-state index contributed by atoms with van der Waals surface area (Å²) in [4.78, 5) is 12.1. The molecule has 1 aromatic heterocycles. The van der Waals surface area contributed by atoms with Crippen molar-refractivity contribution in [1.29, 1.82) is 0 Å². The number of amides is 1. The molecule has 3 rings (SSSR count). The average Bonchev–Trinajstić information content (AvgIpc) is 3.15. The number of ether oxygens (including phenoxy) is 1. The fraction of sp³-hybridized carbons (Fsp3) is 0.238. The first-order valence-electron chi connectivity index (χ1n) is 9.19. The van der Waals surface area contributed by atoms with Crippen LogP contribution in [0, 0.1) is 6.92 Å². The predicted octanol–water partition coefficient (Wildman–Crippen LogP) is 3.52. The Balaban J connectivity index is 1.60. The predicted molar refractivity (Wildman–Crippen MR) is 115 cm³/mol. The summed E-state index contributed by atoms with van der Waals surface area (Å²) in [5.41, 5.74) is 5.57. The van der Waals surface area contributed by atoms with Gasteiger partial charge >= 0.3 is 0 Å². The van der Waals surface area contributed by atoms with Gasteiger partial charge in [0.25, 0.3) is 5.91 Å². The van der Waals surface area contributed by atoms with E-state index < -0.39 is 0 Å². The lowest BCUT2D eigenvalue weighted by molar-refractivity contribution is -0.118. The van der Waals surface area contributed by atoms with Crippen LogP contribution in [0.4, 0.5) is 0 Å². The van der Waals surface area contributed by atoms with Gasteiger partial charge in [-0.05, 0) is 43.7 Å². The number of rotatable bonds is 8. The Morgan fingerprint density at radius 3 is 2.72 bits per heavy atom. The van der Waals surface area contributed by atoms with Crippen molar-refractivity contribution in [1.82, 2.24) is 20.2 Å². The molecule has 0 aliphatic rings. The van der Waals surface area contributed by atoms with Crippen molar-refractivity contribution < 1.29 is 9.53 Å². The fourth-order valence-electron chi connectivity index (χ4n) is 2.73. The Bertz CT molecular complexity index is 999. The minimum atomic E-state index is -0.199. The third kappa shape index (κ3) is 5.45. The second-order valence-electron chi connectivity index (χ2n) is 6.27. The number of hydrazone groups is 1. The topological polar surface area (TPSA) is 81.4 Å². The molecule has 8 heteroatoms. The summed E-state index contributed by atoms with van der Waals surface area (Å²) < 4.78 is 7.18. The summed E-state index contributed by atoms with van der Waals surface area (Å²) in [6.45, 7) is 4.73. The van der Waals surface area contributed by atoms with Gasteiger partial charge in [-0.1, -0.05) is 41.6 Å². The van der Waals surface area contributed by atoms with Gasteiger partial charge < -0.3 is 9.30 Å². The van der Waals surface area contributed by atoms with E-state index in [1.54, 1.807) is 13.3 Å². The van der Waals surface area contributed by atoms with E-state index in [2.05, 4.69) is 20.7 Å². The molecule has 1 N–H and O–H groups in total. The number of carbonyl (C=O) groups is 1. The third-order valence-corrected chi connectivity index (χ3v) is 5.13. The second kappa shape index (κ2) is 9.88. The second-order valence-corrected chi connectivity index (χ2v) is 7.22. The molecule has 0 radical (unpaired) electrons. The van der Waals surface area contributed by atoms with Gasteiger partial charge in [0.1, 0.15) is 5.75 Å². The summed E-state index contributed by atoms with van der Waals surface area (Å²) in [7, 11) is 1.63. The van der Waals surface area contributed by atoms with Crippen molar-refractivity contribution in [3.63, 3.8) is 0 Å². The SMILES string of the molecule is CCn1c(SCC(=O)N/N=C/c2cccc(C)c2)nnc1-c1ccc(OC)cc1.